The highest BCUT2D eigenvalue weighted by atomic mass is 16.4. The van der Waals surface area contributed by atoms with E-state index in [0.717, 1.165) is 5.69 Å². The van der Waals surface area contributed by atoms with Crippen molar-refractivity contribution < 1.29 is 9.90 Å². The molecule has 1 heterocycles. The normalized spacial score (nSPS) is 28.9. The van der Waals surface area contributed by atoms with Gasteiger partial charge in [0.25, 0.3) is 0 Å². The van der Waals surface area contributed by atoms with Gasteiger partial charge in [0.2, 0.25) is 0 Å². The largest absolute Gasteiger partial charge is 0.481 e. The zero-order chi connectivity index (χ0) is 11.5. The minimum absolute atomic E-state index is 0.0984. The van der Waals surface area contributed by atoms with Crippen LogP contribution in [0.4, 0.5) is 5.69 Å². The topological polar surface area (TPSA) is 73.4 Å². The molecule has 1 fully saturated rings. The number of benzene rings is 1. The number of carboxylic acid groups (broad SMARTS) is 1. The molecule has 1 aromatic carbocycles. The van der Waals surface area contributed by atoms with Crippen LogP contribution in [0.15, 0.2) is 30.3 Å². The van der Waals surface area contributed by atoms with Gasteiger partial charge in [-0.2, -0.15) is 0 Å². The Bertz CT molecular complexity index is 369. The number of rotatable bonds is 3. The minimum atomic E-state index is -0.807. The molecule has 5 nitrogen and oxygen atoms in total. The van der Waals surface area contributed by atoms with E-state index in [-0.39, 0.29) is 12.2 Å². The molecule has 3 atom stereocenters. The second-order valence-corrected chi connectivity index (χ2v) is 3.93. The molecule has 0 radical (unpaired) electrons. The number of para-hydroxylation sites is 1. The molecule has 4 N–H and O–H groups in total. The van der Waals surface area contributed by atoms with Gasteiger partial charge in [-0.15, -0.1) is 0 Å². The summed E-state index contributed by atoms with van der Waals surface area (Å²) in [5, 5.41) is 12.3. The van der Waals surface area contributed by atoms with Crippen molar-refractivity contribution in [1.29, 1.82) is 0 Å². The van der Waals surface area contributed by atoms with Crippen LogP contribution < -0.4 is 16.2 Å². The molecule has 0 saturated carbocycles. The zero-order valence-corrected chi connectivity index (χ0v) is 8.97. The molecular formula is C11H15N3O2. The summed E-state index contributed by atoms with van der Waals surface area (Å²) in [6.45, 7) is 1.85. The lowest BCUT2D eigenvalue weighted by atomic mass is 10.0. The van der Waals surface area contributed by atoms with E-state index >= 15 is 0 Å². The molecule has 0 aliphatic carbocycles. The lowest BCUT2D eigenvalue weighted by Gasteiger charge is -2.19. The maximum absolute atomic E-state index is 11.1. The summed E-state index contributed by atoms with van der Waals surface area (Å²) in [5.74, 6) is -1.29. The number of hydrogen-bond donors (Lipinski definition) is 4. The molecule has 0 amide bonds. The summed E-state index contributed by atoms with van der Waals surface area (Å²) >= 11 is 0. The maximum atomic E-state index is 11.1. The molecule has 1 aromatic rings. The molecular weight excluding hydrogens is 206 g/mol. The van der Waals surface area contributed by atoms with E-state index < -0.39 is 11.9 Å². The Morgan fingerprint density at radius 2 is 2.00 bits per heavy atom. The van der Waals surface area contributed by atoms with Crippen molar-refractivity contribution in [2.75, 3.05) is 5.32 Å². The molecule has 16 heavy (non-hydrogen) atoms. The second kappa shape index (κ2) is 4.51. The van der Waals surface area contributed by atoms with Crippen LogP contribution in [0.2, 0.25) is 0 Å². The van der Waals surface area contributed by atoms with Crippen molar-refractivity contribution >= 4 is 11.7 Å². The fourth-order valence-electron chi connectivity index (χ4n) is 1.89. The number of nitrogens with one attached hydrogen (secondary N) is 3. The molecule has 1 saturated heterocycles. The summed E-state index contributed by atoms with van der Waals surface area (Å²) in [5.41, 5.74) is 6.78. The third-order valence-corrected chi connectivity index (χ3v) is 2.75. The van der Waals surface area contributed by atoms with Gasteiger partial charge in [-0.3, -0.25) is 10.2 Å². The first kappa shape index (κ1) is 10.9. The van der Waals surface area contributed by atoms with E-state index in [2.05, 4.69) is 16.2 Å². The number of aliphatic carboxylic acids is 1. The summed E-state index contributed by atoms with van der Waals surface area (Å²) in [6, 6.07) is 9.45. The highest BCUT2D eigenvalue weighted by molar-refractivity contribution is 5.73. The smallest absolute Gasteiger partial charge is 0.311 e. The van der Waals surface area contributed by atoms with Crippen LogP contribution in [-0.2, 0) is 4.79 Å². The Morgan fingerprint density at radius 3 is 2.62 bits per heavy atom. The highest BCUT2D eigenvalue weighted by Gasteiger charge is 2.38. The Balaban J connectivity index is 2.07. The van der Waals surface area contributed by atoms with Gasteiger partial charge in [-0.05, 0) is 19.1 Å². The van der Waals surface area contributed by atoms with Crippen LogP contribution in [0.5, 0.6) is 0 Å². The van der Waals surface area contributed by atoms with Crippen molar-refractivity contribution in [1.82, 2.24) is 10.9 Å². The molecule has 2 rings (SSSR count). The van der Waals surface area contributed by atoms with Gasteiger partial charge < -0.3 is 10.4 Å². The SMILES string of the molecule is CC1NNC(Nc2ccccc2)C1C(=O)O. The first-order valence-corrected chi connectivity index (χ1v) is 5.24. The standard InChI is InChI=1S/C11H15N3O2/c1-7-9(11(15)16)10(14-13-7)12-8-5-3-2-4-6-8/h2-7,9-10,12-14H,1H3,(H,15,16). The average molecular weight is 221 g/mol. The summed E-state index contributed by atoms with van der Waals surface area (Å²) in [7, 11) is 0. The van der Waals surface area contributed by atoms with Gasteiger partial charge in [0.05, 0.1) is 0 Å². The van der Waals surface area contributed by atoms with Crippen LogP contribution in [0, 0.1) is 5.92 Å². The first-order valence-electron chi connectivity index (χ1n) is 5.24. The van der Waals surface area contributed by atoms with E-state index in [0.29, 0.717) is 0 Å². The van der Waals surface area contributed by atoms with Crippen molar-refractivity contribution in [3.8, 4) is 0 Å². The van der Waals surface area contributed by atoms with E-state index in [4.69, 9.17) is 5.11 Å². The van der Waals surface area contributed by atoms with Gasteiger partial charge in [0.15, 0.2) is 0 Å². The van der Waals surface area contributed by atoms with E-state index in [1.807, 2.05) is 37.3 Å². The number of carbonyl (C=O) groups is 1. The Labute approximate surface area is 93.8 Å². The predicted molar refractivity (Wildman–Crippen MR) is 60.7 cm³/mol. The van der Waals surface area contributed by atoms with Crippen LogP contribution in [-0.4, -0.2) is 23.3 Å². The maximum Gasteiger partial charge on any atom is 0.311 e. The van der Waals surface area contributed by atoms with E-state index in [1.54, 1.807) is 0 Å². The molecule has 0 bridgehead atoms. The quantitative estimate of drug-likeness (QED) is 0.602. The molecule has 3 unspecified atom stereocenters. The molecule has 86 valence electrons. The van der Waals surface area contributed by atoms with E-state index in [1.165, 1.54) is 0 Å². The average Bonchev–Trinajstić information content (AvgIpc) is 2.61. The van der Waals surface area contributed by atoms with Crippen LogP contribution in [0.3, 0.4) is 0 Å². The van der Waals surface area contributed by atoms with Gasteiger partial charge in [0, 0.05) is 11.7 Å². The van der Waals surface area contributed by atoms with Crippen molar-refractivity contribution in [2.45, 2.75) is 19.1 Å². The van der Waals surface area contributed by atoms with Gasteiger partial charge in [-0.1, -0.05) is 18.2 Å². The van der Waals surface area contributed by atoms with Crippen LogP contribution >= 0.6 is 0 Å². The van der Waals surface area contributed by atoms with Crippen LogP contribution in [0.25, 0.3) is 0 Å². The van der Waals surface area contributed by atoms with Gasteiger partial charge in [-0.25, -0.2) is 5.43 Å². The fraction of sp³-hybridized carbons (Fsp3) is 0.364. The van der Waals surface area contributed by atoms with Crippen molar-refractivity contribution in [3.63, 3.8) is 0 Å². The Hall–Kier alpha value is -1.59. The number of hydrogen-bond acceptors (Lipinski definition) is 4. The van der Waals surface area contributed by atoms with Gasteiger partial charge in [0.1, 0.15) is 12.1 Å². The fourth-order valence-corrected chi connectivity index (χ4v) is 1.89. The number of carboxylic acids is 1. The Kier molecular flexibility index (Phi) is 3.07. The molecule has 0 aromatic heterocycles. The summed E-state index contributed by atoms with van der Waals surface area (Å²) in [4.78, 5) is 11.1. The summed E-state index contributed by atoms with van der Waals surface area (Å²) < 4.78 is 0. The molecule has 1 aliphatic rings. The van der Waals surface area contributed by atoms with Gasteiger partial charge >= 0.3 is 5.97 Å². The minimum Gasteiger partial charge on any atom is -0.481 e. The monoisotopic (exact) mass is 221 g/mol. The third-order valence-electron chi connectivity index (χ3n) is 2.75. The van der Waals surface area contributed by atoms with Crippen molar-refractivity contribution in [3.05, 3.63) is 30.3 Å². The molecule has 5 heteroatoms. The third kappa shape index (κ3) is 2.15. The van der Waals surface area contributed by atoms with Crippen LogP contribution in [0.1, 0.15) is 6.92 Å². The number of anilines is 1. The second-order valence-electron chi connectivity index (χ2n) is 3.93. The first-order chi connectivity index (χ1) is 7.68. The predicted octanol–water partition coefficient (Wildman–Crippen LogP) is 0.622. The molecule has 0 spiro atoms. The van der Waals surface area contributed by atoms with E-state index in [9.17, 15) is 4.79 Å². The van der Waals surface area contributed by atoms with Crippen molar-refractivity contribution in [2.24, 2.45) is 5.92 Å². The summed E-state index contributed by atoms with van der Waals surface area (Å²) in [6.07, 6.45) is -0.296. The number of hydrazine groups is 1. The highest BCUT2D eigenvalue weighted by Crippen LogP contribution is 2.17. The zero-order valence-electron chi connectivity index (χ0n) is 8.97. The lowest BCUT2D eigenvalue weighted by molar-refractivity contribution is -0.142. The molecule has 1 aliphatic heterocycles. The lowest BCUT2D eigenvalue weighted by Crippen LogP contribution is -2.40. The Morgan fingerprint density at radius 1 is 1.31 bits per heavy atom.